The maximum absolute atomic E-state index is 12.9. The van der Waals surface area contributed by atoms with Gasteiger partial charge < -0.3 is 9.47 Å². The summed E-state index contributed by atoms with van der Waals surface area (Å²) in [6, 6.07) is 0. The molecule has 2 radical (unpaired) electrons. The second kappa shape index (κ2) is 26.1. The molecule has 0 rings (SSSR count). The van der Waals surface area contributed by atoms with E-state index in [0.29, 0.717) is 37.2 Å². The topological polar surface area (TPSA) is 52.6 Å². The van der Waals surface area contributed by atoms with E-state index in [1.807, 2.05) is 0 Å². The van der Waals surface area contributed by atoms with Crippen LogP contribution in [-0.2, 0) is 19.1 Å². The zero-order valence-electron chi connectivity index (χ0n) is 22.5. The summed E-state index contributed by atoms with van der Waals surface area (Å²) in [5, 5.41) is 0. The van der Waals surface area contributed by atoms with Crippen LogP contribution in [0.4, 0.5) is 0 Å². The quantitative estimate of drug-likeness (QED) is 0.0581. The van der Waals surface area contributed by atoms with E-state index in [9.17, 15) is 9.59 Å². The van der Waals surface area contributed by atoms with Crippen LogP contribution in [-0.4, -0.2) is 49.1 Å². The molecule has 0 atom stereocenters. The molecule has 0 aliphatic carbocycles. The van der Waals surface area contributed by atoms with Crippen LogP contribution in [0.25, 0.3) is 0 Å². The van der Waals surface area contributed by atoms with Gasteiger partial charge in [0.25, 0.3) is 0 Å². The first-order valence-corrected chi connectivity index (χ1v) is 13.7. The predicted octanol–water partition coefficient (Wildman–Crippen LogP) is 7.55. The van der Waals surface area contributed by atoms with Crippen LogP contribution < -0.4 is 0 Å². The van der Waals surface area contributed by atoms with Crippen molar-refractivity contribution in [2.24, 2.45) is 0 Å². The average Bonchev–Trinajstić information content (AvgIpc) is 2.79. The summed E-state index contributed by atoms with van der Waals surface area (Å²) in [7, 11) is 0. The molecule has 0 bridgehead atoms. The molecule has 4 nitrogen and oxygen atoms in total. The second-order valence-electron chi connectivity index (χ2n) is 8.97. The summed E-state index contributed by atoms with van der Waals surface area (Å²) < 4.78 is 11.1. The van der Waals surface area contributed by atoms with Gasteiger partial charge in [0, 0.05) is 11.1 Å². The Morgan fingerprint density at radius 2 is 0.758 bits per heavy atom. The molecule has 0 saturated heterocycles. The average molecular weight is 573 g/mol. The minimum atomic E-state index is -0.305. The zero-order chi connectivity index (χ0) is 23.9. The van der Waals surface area contributed by atoms with Crippen LogP contribution >= 0.6 is 0 Å². The third-order valence-electron chi connectivity index (χ3n) is 5.88. The van der Waals surface area contributed by atoms with E-state index in [-0.39, 0.29) is 35.8 Å². The van der Waals surface area contributed by atoms with Gasteiger partial charge in [-0.2, -0.15) is 0 Å². The number of ether oxygens (including phenoxy) is 2. The number of hydrogen-bond donors (Lipinski definition) is 0. The molecule has 0 N–H and O–H groups in total. The van der Waals surface area contributed by atoms with Gasteiger partial charge in [0.15, 0.2) is 0 Å². The molecule has 0 spiro atoms. The Bertz CT molecular complexity index is 458. The molecule has 0 aliphatic rings. The summed E-state index contributed by atoms with van der Waals surface area (Å²) in [5.41, 5.74) is 1.15. The Morgan fingerprint density at radius 1 is 0.455 bits per heavy atom. The Morgan fingerprint density at radius 3 is 1.09 bits per heavy atom. The summed E-state index contributed by atoms with van der Waals surface area (Å²) in [4.78, 5) is 25.9. The molecule has 5 heteroatoms. The second-order valence-corrected chi connectivity index (χ2v) is 8.97. The van der Waals surface area contributed by atoms with E-state index < -0.39 is 0 Å². The first kappa shape index (κ1) is 34.6. The van der Waals surface area contributed by atoms with Crippen molar-refractivity contribution in [3.05, 3.63) is 11.1 Å². The Hall–Kier alpha value is -0.521. The van der Waals surface area contributed by atoms with Crippen LogP contribution in [0.15, 0.2) is 11.1 Å². The summed E-state index contributed by atoms with van der Waals surface area (Å²) in [6.07, 6.45) is 18.7. The van der Waals surface area contributed by atoms with Crippen LogP contribution in [0.3, 0.4) is 0 Å². The zero-order valence-corrected chi connectivity index (χ0v) is 26.5. The maximum atomic E-state index is 12.9. The molecule has 0 aliphatic heterocycles. The van der Waals surface area contributed by atoms with Gasteiger partial charge in [-0.15, -0.1) is 0 Å². The molecule has 0 saturated carbocycles. The van der Waals surface area contributed by atoms with Crippen molar-refractivity contribution >= 4 is 35.8 Å². The molecule has 0 unspecified atom stereocenters. The molecule has 0 heterocycles. The number of hydrogen-bond acceptors (Lipinski definition) is 4. The molecular weight excluding hydrogens is 519 g/mol. The molecule has 194 valence electrons. The van der Waals surface area contributed by atoms with E-state index >= 15 is 0 Å². The molecule has 0 aromatic rings. The number of rotatable bonds is 22. The van der Waals surface area contributed by atoms with Crippen LogP contribution in [0.2, 0.25) is 0 Å². The minimum absolute atomic E-state index is 0. The van der Waals surface area contributed by atoms with Crippen molar-refractivity contribution in [2.75, 3.05) is 13.2 Å². The van der Waals surface area contributed by atoms with Gasteiger partial charge in [0.2, 0.25) is 0 Å². The van der Waals surface area contributed by atoms with E-state index in [1.165, 1.54) is 51.4 Å². The monoisotopic (exact) mass is 574 g/mol. The number of carbonyl (C=O) groups excluding carboxylic acids is 2. The molecule has 0 fully saturated rings. The van der Waals surface area contributed by atoms with Gasteiger partial charge in [-0.05, 0) is 38.5 Å². The van der Waals surface area contributed by atoms with E-state index in [1.54, 1.807) is 0 Å². The fraction of sp³-hybridized carbons (Fsp3) is 0.857. The fourth-order valence-corrected chi connectivity index (χ4v) is 3.71. The Labute approximate surface area is 222 Å². The van der Waals surface area contributed by atoms with Crippen molar-refractivity contribution in [3.8, 4) is 0 Å². The Balaban J connectivity index is 0. The van der Waals surface area contributed by atoms with Crippen LogP contribution in [0.5, 0.6) is 0 Å². The van der Waals surface area contributed by atoms with Gasteiger partial charge >= 0.3 is 35.8 Å². The number of esters is 2. The van der Waals surface area contributed by atoms with Crippen molar-refractivity contribution in [1.82, 2.24) is 0 Å². The van der Waals surface area contributed by atoms with Gasteiger partial charge in [0.05, 0.1) is 13.2 Å². The molecule has 0 aromatic heterocycles. The third-order valence-corrected chi connectivity index (χ3v) is 5.88. The van der Waals surface area contributed by atoms with Gasteiger partial charge in [-0.25, -0.2) is 9.59 Å². The molecule has 0 amide bonds. The third kappa shape index (κ3) is 19.5. The summed E-state index contributed by atoms with van der Waals surface area (Å²) in [5.74, 6) is -0.610. The predicted molar refractivity (Wildman–Crippen MR) is 143 cm³/mol. The van der Waals surface area contributed by atoms with Crippen molar-refractivity contribution in [1.29, 1.82) is 0 Å². The fourth-order valence-electron chi connectivity index (χ4n) is 3.71. The first-order chi connectivity index (χ1) is 15.6. The van der Waals surface area contributed by atoms with Crippen molar-refractivity contribution in [3.63, 3.8) is 0 Å². The SMILES string of the molecule is CCCCCCCC/C(C(=O)OCCCC)=C(\CCCCCCCC)C(=O)OCCCC.[SnH2]. The molecule has 33 heavy (non-hydrogen) atoms. The van der Waals surface area contributed by atoms with Crippen molar-refractivity contribution in [2.45, 2.75) is 143 Å². The van der Waals surface area contributed by atoms with E-state index in [2.05, 4.69) is 27.7 Å². The van der Waals surface area contributed by atoms with Gasteiger partial charge in [0.1, 0.15) is 0 Å². The Kier molecular flexibility index (Phi) is 27.4. The normalized spacial score (nSPS) is 11.5. The first-order valence-electron chi connectivity index (χ1n) is 13.7. The summed E-state index contributed by atoms with van der Waals surface area (Å²) in [6.45, 7) is 9.43. The van der Waals surface area contributed by atoms with E-state index in [4.69, 9.17) is 9.47 Å². The van der Waals surface area contributed by atoms with Crippen LogP contribution in [0.1, 0.15) is 143 Å². The summed E-state index contributed by atoms with van der Waals surface area (Å²) >= 11 is 0. The van der Waals surface area contributed by atoms with Gasteiger partial charge in [-0.3, -0.25) is 0 Å². The number of carbonyl (C=O) groups is 2. The van der Waals surface area contributed by atoms with Gasteiger partial charge in [-0.1, -0.05) is 105 Å². The molecular formula is C28H54O4Sn. The molecule has 0 aromatic carbocycles. The van der Waals surface area contributed by atoms with Crippen LogP contribution in [0, 0.1) is 0 Å². The number of unbranched alkanes of at least 4 members (excludes halogenated alkanes) is 12. The van der Waals surface area contributed by atoms with Crippen molar-refractivity contribution < 1.29 is 19.1 Å². The van der Waals surface area contributed by atoms with E-state index in [0.717, 1.165) is 51.4 Å². The standard InChI is InChI=1S/C28H52O4.Sn.2H/c1-5-9-13-15-17-19-21-25(27(29)31-23-11-7-3)26(28(30)32-24-12-8-4)22-20-18-16-14-10-6-2;;;/h5-24H2,1-4H3;;;/b26-25-;;;.